The molecule has 0 saturated carbocycles. The largest absolute Gasteiger partial charge is 0.493 e. The molecule has 1 aromatic rings. The van der Waals surface area contributed by atoms with Gasteiger partial charge >= 0.3 is 0 Å². The summed E-state index contributed by atoms with van der Waals surface area (Å²) < 4.78 is 10.3. The minimum atomic E-state index is -0.381. The highest BCUT2D eigenvalue weighted by atomic mass is 35.5. The molecule has 0 spiro atoms. The molecule has 1 aromatic carbocycles. The maximum absolute atomic E-state index is 9.14. The highest BCUT2D eigenvalue weighted by Crippen LogP contribution is 2.32. The molecular formula is C12H18ClNO3. The number of methoxy groups -OCH3 is 2. The van der Waals surface area contributed by atoms with Crippen molar-refractivity contribution in [1.29, 1.82) is 0 Å². The predicted octanol–water partition coefficient (Wildman–Crippen LogP) is 1.83. The second-order valence-electron chi connectivity index (χ2n) is 3.78. The lowest BCUT2D eigenvalue weighted by Crippen LogP contribution is -2.24. The molecule has 1 rings (SSSR count). The van der Waals surface area contributed by atoms with Gasteiger partial charge in [0.1, 0.15) is 0 Å². The highest BCUT2D eigenvalue weighted by Gasteiger charge is 2.09. The van der Waals surface area contributed by atoms with Crippen molar-refractivity contribution in [2.75, 3.05) is 20.8 Å². The average molecular weight is 260 g/mol. The average Bonchev–Trinajstić information content (AvgIpc) is 2.30. The summed E-state index contributed by atoms with van der Waals surface area (Å²) in [5.74, 6) is 1.25. The van der Waals surface area contributed by atoms with E-state index in [-0.39, 0.29) is 6.10 Å². The van der Waals surface area contributed by atoms with Crippen LogP contribution in [0.25, 0.3) is 0 Å². The number of rotatable bonds is 6. The first-order chi connectivity index (χ1) is 8.08. The molecule has 1 atom stereocenters. The zero-order valence-corrected chi connectivity index (χ0v) is 11.0. The number of aliphatic hydroxyl groups is 1. The second-order valence-corrected chi connectivity index (χ2v) is 4.19. The predicted molar refractivity (Wildman–Crippen MR) is 67.9 cm³/mol. The lowest BCUT2D eigenvalue weighted by Gasteiger charge is -2.12. The fraction of sp³-hybridized carbons (Fsp3) is 0.500. The third kappa shape index (κ3) is 4.07. The Hall–Kier alpha value is -0.970. The Balaban J connectivity index is 2.78. The second kappa shape index (κ2) is 6.69. The van der Waals surface area contributed by atoms with Crippen molar-refractivity contribution in [2.24, 2.45) is 0 Å². The topological polar surface area (TPSA) is 50.7 Å². The Morgan fingerprint density at radius 2 is 1.88 bits per heavy atom. The summed E-state index contributed by atoms with van der Waals surface area (Å²) in [7, 11) is 3.15. The zero-order valence-electron chi connectivity index (χ0n) is 10.3. The van der Waals surface area contributed by atoms with Crippen molar-refractivity contribution >= 4 is 11.6 Å². The fourth-order valence-electron chi connectivity index (χ4n) is 1.45. The van der Waals surface area contributed by atoms with Gasteiger partial charge in [0.2, 0.25) is 0 Å². The van der Waals surface area contributed by atoms with E-state index in [1.807, 2.05) is 6.07 Å². The molecule has 17 heavy (non-hydrogen) atoms. The van der Waals surface area contributed by atoms with E-state index in [1.54, 1.807) is 27.2 Å². The number of ether oxygens (including phenoxy) is 2. The summed E-state index contributed by atoms with van der Waals surface area (Å²) in [6.45, 7) is 2.82. The van der Waals surface area contributed by atoms with Crippen LogP contribution in [-0.4, -0.2) is 32.0 Å². The van der Waals surface area contributed by atoms with Crippen molar-refractivity contribution < 1.29 is 14.6 Å². The molecule has 96 valence electrons. The Morgan fingerprint density at radius 1 is 1.29 bits per heavy atom. The molecule has 0 saturated heterocycles. The summed E-state index contributed by atoms with van der Waals surface area (Å²) >= 11 is 6.11. The van der Waals surface area contributed by atoms with Crippen LogP contribution in [0, 0.1) is 0 Å². The maximum atomic E-state index is 9.14. The number of aliphatic hydroxyl groups excluding tert-OH is 1. The summed E-state index contributed by atoms with van der Waals surface area (Å²) in [5, 5.41) is 12.9. The van der Waals surface area contributed by atoms with Crippen LogP contribution in [0.5, 0.6) is 11.5 Å². The summed E-state index contributed by atoms with van der Waals surface area (Å²) in [5.41, 5.74) is 0.907. The lowest BCUT2D eigenvalue weighted by molar-refractivity contribution is 0.191. The molecule has 0 radical (unpaired) electrons. The SMILES string of the molecule is COc1cc(Cl)c(CNCC(C)O)cc1OC. The van der Waals surface area contributed by atoms with Crippen LogP contribution in [0.1, 0.15) is 12.5 Å². The van der Waals surface area contributed by atoms with E-state index in [9.17, 15) is 0 Å². The third-order valence-electron chi connectivity index (χ3n) is 2.31. The first-order valence-electron chi connectivity index (χ1n) is 5.37. The van der Waals surface area contributed by atoms with E-state index in [2.05, 4.69) is 5.32 Å². The van der Waals surface area contributed by atoms with Crippen LogP contribution in [0.4, 0.5) is 0 Å². The van der Waals surface area contributed by atoms with Crippen molar-refractivity contribution in [3.05, 3.63) is 22.7 Å². The molecular weight excluding hydrogens is 242 g/mol. The third-order valence-corrected chi connectivity index (χ3v) is 2.66. The van der Waals surface area contributed by atoms with Gasteiger partial charge in [0.25, 0.3) is 0 Å². The van der Waals surface area contributed by atoms with Crippen molar-refractivity contribution in [3.8, 4) is 11.5 Å². The van der Waals surface area contributed by atoms with Crippen LogP contribution in [-0.2, 0) is 6.54 Å². The number of hydrogen-bond acceptors (Lipinski definition) is 4. The van der Waals surface area contributed by atoms with Crippen molar-refractivity contribution in [1.82, 2.24) is 5.32 Å². The smallest absolute Gasteiger partial charge is 0.162 e. The molecule has 0 bridgehead atoms. The number of benzene rings is 1. The minimum Gasteiger partial charge on any atom is -0.493 e. The van der Waals surface area contributed by atoms with Crippen LogP contribution in [0.15, 0.2) is 12.1 Å². The van der Waals surface area contributed by atoms with Gasteiger partial charge in [0.15, 0.2) is 11.5 Å². The minimum absolute atomic E-state index is 0.381. The Labute approximate surface area is 106 Å². The molecule has 0 heterocycles. The van der Waals surface area contributed by atoms with Crippen LogP contribution < -0.4 is 14.8 Å². The lowest BCUT2D eigenvalue weighted by atomic mass is 10.2. The molecule has 0 aliphatic carbocycles. The molecule has 0 aliphatic heterocycles. The summed E-state index contributed by atoms with van der Waals surface area (Å²) in [4.78, 5) is 0. The maximum Gasteiger partial charge on any atom is 0.162 e. The van der Waals surface area contributed by atoms with Gasteiger partial charge in [-0.15, -0.1) is 0 Å². The molecule has 1 unspecified atom stereocenters. The van der Waals surface area contributed by atoms with Gasteiger partial charge in [-0.2, -0.15) is 0 Å². The van der Waals surface area contributed by atoms with Gasteiger partial charge in [-0.25, -0.2) is 0 Å². The Kier molecular flexibility index (Phi) is 5.55. The van der Waals surface area contributed by atoms with Gasteiger partial charge in [0, 0.05) is 24.2 Å². The van der Waals surface area contributed by atoms with Gasteiger partial charge in [0.05, 0.1) is 20.3 Å². The van der Waals surface area contributed by atoms with E-state index in [4.69, 9.17) is 26.2 Å². The van der Waals surface area contributed by atoms with Crippen molar-refractivity contribution in [2.45, 2.75) is 19.6 Å². The summed E-state index contributed by atoms with van der Waals surface area (Å²) in [6, 6.07) is 3.55. The molecule has 0 aromatic heterocycles. The van der Waals surface area contributed by atoms with Gasteiger partial charge in [-0.1, -0.05) is 11.6 Å². The molecule has 2 N–H and O–H groups in total. The first-order valence-corrected chi connectivity index (χ1v) is 5.75. The van der Waals surface area contributed by atoms with Crippen LogP contribution >= 0.6 is 11.6 Å². The Bertz CT molecular complexity index is 369. The molecule has 0 fully saturated rings. The molecule has 0 aliphatic rings. The fourth-order valence-corrected chi connectivity index (χ4v) is 1.67. The van der Waals surface area contributed by atoms with Gasteiger partial charge in [-0.3, -0.25) is 0 Å². The first kappa shape index (κ1) is 14.1. The van der Waals surface area contributed by atoms with E-state index >= 15 is 0 Å². The zero-order chi connectivity index (χ0) is 12.8. The normalized spacial score (nSPS) is 12.3. The van der Waals surface area contributed by atoms with E-state index in [1.165, 1.54) is 0 Å². The van der Waals surface area contributed by atoms with Crippen LogP contribution in [0.2, 0.25) is 5.02 Å². The van der Waals surface area contributed by atoms with E-state index in [0.717, 1.165) is 5.56 Å². The standard InChI is InChI=1S/C12H18ClNO3/c1-8(15)6-14-7-9-4-11(16-2)12(17-3)5-10(9)13/h4-5,8,14-15H,6-7H2,1-3H3. The quantitative estimate of drug-likeness (QED) is 0.818. The van der Waals surface area contributed by atoms with Gasteiger partial charge < -0.3 is 19.9 Å². The van der Waals surface area contributed by atoms with E-state index in [0.29, 0.717) is 29.6 Å². The monoisotopic (exact) mass is 259 g/mol. The Morgan fingerprint density at radius 3 is 2.41 bits per heavy atom. The van der Waals surface area contributed by atoms with E-state index < -0.39 is 0 Å². The number of hydrogen-bond donors (Lipinski definition) is 2. The van der Waals surface area contributed by atoms with Crippen molar-refractivity contribution in [3.63, 3.8) is 0 Å². The summed E-state index contributed by atoms with van der Waals surface area (Å²) in [6.07, 6.45) is -0.381. The molecule has 0 amide bonds. The number of halogens is 1. The molecule has 5 heteroatoms. The van der Waals surface area contributed by atoms with Crippen LogP contribution in [0.3, 0.4) is 0 Å². The van der Waals surface area contributed by atoms with Gasteiger partial charge in [-0.05, 0) is 18.6 Å². The molecule has 4 nitrogen and oxygen atoms in total. The number of nitrogens with one attached hydrogen (secondary N) is 1. The highest BCUT2D eigenvalue weighted by molar-refractivity contribution is 6.31.